The lowest BCUT2D eigenvalue weighted by molar-refractivity contribution is 0.136. The molecule has 1 fully saturated rings. The molecule has 2 N–H and O–H groups in total. The maximum Gasteiger partial charge on any atom is 0.190 e. The molecule has 0 atom stereocenters. The van der Waals surface area contributed by atoms with Crippen molar-refractivity contribution in [3.63, 3.8) is 0 Å². The van der Waals surface area contributed by atoms with E-state index in [-0.39, 0.29) is 24.0 Å². The molecular formula is C20H36IN5. The molecule has 0 radical (unpaired) electrons. The van der Waals surface area contributed by atoms with Gasteiger partial charge >= 0.3 is 0 Å². The number of hydrogen-bond donors (Lipinski definition) is 2. The van der Waals surface area contributed by atoms with E-state index in [1.54, 1.807) is 0 Å². The van der Waals surface area contributed by atoms with Crippen LogP contribution in [0.15, 0.2) is 35.3 Å². The highest BCUT2D eigenvalue weighted by atomic mass is 127. The van der Waals surface area contributed by atoms with Crippen LogP contribution in [0.4, 0.5) is 0 Å². The molecule has 0 amide bonds. The van der Waals surface area contributed by atoms with Gasteiger partial charge in [-0.15, -0.1) is 24.0 Å². The molecule has 0 unspecified atom stereocenters. The highest BCUT2D eigenvalue weighted by Gasteiger charge is 2.14. The van der Waals surface area contributed by atoms with Crippen molar-refractivity contribution >= 4 is 29.9 Å². The van der Waals surface area contributed by atoms with E-state index in [4.69, 9.17) is 0 Å². The second-order valence-corrected chi connectivity index (χ2v) is 6.64. The molecule has 26 heavy (non-hydrogen) atoms. The van der Waals surface area contributed by atoms with Crippen LogP contribution in [0.2, 0.25) is 0 Å². The monoisotopic (exact) mass is 473 g/mol. The van der Waals surface area contributed by atoms with E-state index in [9.17, 15) is 0 Å². The Morgan fingerprint density at radius 1 is 0.962 bits per heavy atom. The van der Waals surface area contributed by atoms with Crippen LogP contribution >= 0.6 is 24.0 Å². The van der Waals surface area contributed by atoms with Crippen LogP contribution in [-0.2, 0) is 6.42 Å². The fourth-order valence-corrected chi connectivity index (χ4v) is 3.19. The summed E-state index contributed by atoms with van der Waals surface area (Å²) < 4.78 is 0. The molecule has 0 spiro atoms. The number of unbranched alkanes of at least 4 members (excludes halogenated alkanes) is 1. The van der Waals surface area contributed by atoms with E-state index in [2.05, 4.69) is 62.7 Å². The molecule has 0 bridgehead atoms. The zero-order valence-electron chi connectivity index (χ0n) is 16.4. The lowest BCUT2D eigenvalue weighted by Gasteiger charge is -2.34. The highest BCUT2D eigenvalue weighted by molar-refractivity contribution is 14.0. The molecule has 1 aliphatic rings. The maximum absolute atomic E-state index is 4.30. The van der Waals surface area contributed by atoms with Crippen molar-refractivity contribution < 1.29 is 0 Å². The van der Waals surface area contributed by atoms with Crippen LogP contribution in [0.1, 0.15) is 25.3 Å². The molecule has 1 saturated heterocycles. The van der Waals surface area contributed by atoms with E-state index >= 15 is 0 Å². The summed E-state index contributed by atoms with van der Waals surface area (Å²) in [6.45, 7) is 11.5. The van der Waals surface area contributed by atoms with Gasteiger partial charge in [0.05, 0.1) is 0 Å². The quantitative estimate of drug-likeness (QED) is 0.250. The Bertz CT molecular complexity index is 486. The molecular weight excluding hydrogens is 437 g/mol. The third-order valence-corrected chi connectivity index (χ3v) is 4.88. The Morgan fingerprint density at radius 3 is 2.27 bits per heavy atom. The van der Waals surface area contributed by atoms with Crippen molar-refractivity contribution in [3.8, 4) is 0 Å². The summed E-state index contributed by atoms with van der Waals surface area (Å²) in [6.07, 6.45) is 3.46. The van der Waals surface area contributed by atoms with Gasteiger partial charge in [-0.25, -0.2) is 0 Å². The predicted molar refractivity (Wildman–Crippen MR) is 123 cm³/mol. The molecule has 0 aliphatic carbocycles. The lowest BCUT2D eigenvalue weighted by Crippen LogP contribution is -2.46. The van der Waals surface area contributed by atoms with Crippen molar-refractivity contribution in [2.75, 3.05) is 59.4 Å². The number of nitrogens with one attached hydrogen (secondary N) is 2. The molecule has 2 rings (SSSR count). The number of piperazine rings is 1. The first-order chi connectivity index (χ1) is 12.3. The molecule has 6 heteroatoms. The number of aliphatic imine (C=N–C) groups is 1. The van der Waals surface area contributed by atoms with Crippen molar-refractivity contribution in [3.05, 3.63) is 35.9 Å². The third-order valence-electron chi connectivity index (χ3n) is 4.88. The summed E-state index contributed by atoms with van der Waals surface area (Å²) in [5.74, 6) is 0.910. The van der Waals surface area contributed by atoms with E-state index in [0.717, 1.165) is 25.5 Å². The molecule has 0 aromatic heterocycles. The van der Waals surface area contributed by atoms with Gasteiger partial charge in [-0.3, -0.25) is 4.99 Å². The number of benzene rings is 1. The second-order valence-electron chi connectivity index (χ2n) is 6.64. The molecule has 1 heterocycles. The first-order valence-corrected chi connectivity index (χ1v) is 9.75. The van der Waals surface area contributed by atoms with E-state index in [1.807, 2.05) is 7.05 Å². The van der Waals surface area contributed by atoms with Gasteiger partial charge in [0.2, 0.25) is 0 Å². The summed E-state index contributed by atoms with van der Waals surface area (Å²) in [7, 11) is 1.84. The van der Waals surface area contributed by atoms with Crippen molar-refractivity contribution in [1.29, 1.82) is 0 Å². The minimum absolute atomic E-state index is 0. The third kappa shape index (κ3) is 9.19. The topological polar surface area (TPSA) is 42.9 Å². The van der Waals surface area contributed by atoms with E-state index in [1.165, 1.54) is 57.7 Å². The Kier molecular flexibility index (Phi) is 12.7. The molecule has 0 saturated carbocycles. The number of rotatable bonds is 9. The summed E-state index contributed by atoms with van der Waals surface area (Å²) >= 11 is 0. The summed E-state index contributed by atoms with van der Waals surface area (Å²) in [5, 5.41) is 6.81. The van der Waals surface area contributed by atoms with Gasteiger partial charge in [0.25, 0.3) is 0 Å². The van der Waals surface area contributed by atoms with Crippen molar-refractivity contribution in [1.82, 2.24) is 20.4 Å². The Hall–Kier alpha value is -0.860. The average molecular weight is 473 g/mol. The molecule has 1 aromatic rings. The molecule has 1 aromatic carbocycles. The number of hydrogen-bond acceptors (Lipinski definition) is 3. The Balaban J connectivity index is 0.00000338. The first kappa shape index (κ1) is 23.2. The second kappa shape index (κ2) is 14.2. The molecule has 148 valence electrons. The van der Waals surface area contributed by atoms with Crippen molar-refractivity contribution in [2.24, 2.45) is 4.99 Å². The van der Waals surface area contributed by atoms with Gasteiger partial charge in [0, 0.05) is 46.3 Å². The van der Waals surface area contributed by atoms with Crippen LogP contribution in [0, 0.1) is 0 Å². The Morgan fingerprint density at radius 2 is 1.62 bits per heavy atom. The number of halogens is 1. The minimum atomic E-state index is 0. The zero-order valence-corrected chi connectivity index (χ0v) is 18.7. The van der Waals surface area contributed by atoms with Gasteiger partial charge in [0.15, 0.2) is 5.96 Å². The standard InChI is InChI=1S/C20H35N5.HI/c1-3-24-15-17-25(18-16-24)14-8-7-12-22-20(21-2)23-13-11-19-9-5-4-6-10-19;/h4-6,9-10H,3,7-8,11-18H2,1-2H3,(H2,21,22,23);1H. The largest absolute Gasteiger partial charge is 0.356 e. The highest BCUT2D eigenvalue weighted by Crippen LogP contribution is 2.03. The van der Waals surface area contributed by atoms with Crippen LogP contribution in [-0.4, -0.2) is 75.2 Å². The zero-order chi connectivity index (χ0) is 17.7. The maximum atomic E-state index is 4.30. The predicted octanol–water partition coefficient (Wildman–Crippen LogP) is 2.43. The van der Waals surface area contributed by atoms with E-state index < -0.39 is 0 Å². The number of likely N-dealkylation sites (N-methyl/N-ethyl adjacent to an activating group) is 1. The smallest absolute Gasteiger partial charge is 0.190 e. The van der Waals surface area contributed by atoms with E-state index in [0.29, 0.717) is 0 Å². The average Bonchev–Trinajstić information content (AvgIpc) is 2.67. The van der Waals surface area contributed by atoms with Crippen LogP contribution in [0.3, 0.4) is 0 Å². The SMILES string of the molecule is CCN1CCN(CCCCNC(=NC)NCCc2ccccc2)CC1.I. The van der Waals surface area contributed by atoms with Crippen LogP contribution in [0.25, 0.3) is 0 Å². The first-order valence-electron chi connectivity index (χ1n) is 9.75. The summed E-state index contributed by atoms with van der Waals surface area (Å²) in [4.78, 5) is 9.43. The van der Waals surface area contributed by atoms with Gasteiger partial charge in [0.1, 0.15) is 0 Å². The fourth-order valence-electron chi connectivity index (χ4n) is 3.19. The van der Waals surface area contributed by atoms with Gasteiger partial charge in [-0.05, 0) is 37.9 Å². The lowest BCUT2D eigenvalue weighted by atomic mass is 10.1. The number of guanidine groups is 1. The number of nitrogens with zero attached hydrogens (tertiary/aromatic N) is 3. The molecule has 1 aliphatic heterocycles. The normalized spacial score (nSPS) is 16.2. The van der Waals surface area contributed by atoms with Crippen LogP contribution < -0.4 is 10.6 Å². The van der Waals surface area contributed by atoms with Gasteiger partial charge in [-0.2, -0.15) is 0 Å². The summed E-state index contributed by atoms with van der Waals surface area (Å²) in [6, 6.07) is 10.6. The fraction of sp³-hybridized carbons (Fsp3) is 0.650. The molecule has 5 nitrogen and oxygen atoms in total. The van der Waals surface area contributed by atoms with Crippen molar-refractivity contribution in [2.45, 2.75) is 26.2 Å². The van der Waals surface area contributed by atoms with Crippen LogP contribution in [0.5, 0.6) is 0 Å². The minimum Gasteiger partial charge on any atom is -0.356 e. The van der Waals surface area contributed by atoms with Gasteiger partial charge < -0.3 is 20.4 Å². The summed E-state index contributed by atoms with van der Waals surface area (Å²) in [5.41, 5.74) is 1.36. The Labute approximate surface area is 176 Å². The van der Waals surface area contributed by atoms with Gasteiger partial charge in [-0.1, -0.05) is 37.3 Å².